The highest BCUT2D eigenvalue weighted by Crippen LogP contribution is 2.09. The van der Waals surface area contributed by atoms with E-state index in [-0.39, 0.29) is 6.54 Å². The number of nitrogens with two attached hydrogens (primary N) is 1. The number of rotatable bonds is 5. The molecule has 1 aromatic heterocycles. The van der Waals surface area contributed by atoms with Crippen LogP contribution in [0.3, 0.4) is 0 Å². The van der Waals surface area contributed by atoms with Crippen LogP contribution in [-0.4, -0.2) is 37.7 Å². The minimum absolute atomic E-state index is 0.280. The molecule has 7 nitrogen and oxygen atoms in total. The maximum Gasteiger partial charge on any atom is 0.208 e. The lowest BCUT2D eigenvalue weighted by Gasteiger charge is -2.07. The SMILES string of the molecule is CS(=O)(=O)NCCNc1ncncc1N. The lowest BCUT2D eigenvalue weighted by atomic mass is 10.5. The Morgan fingerprint density at radius 1 is 1.47 bits per heavy atom. The molecular formula is C7H13N5O2S. The van der Waals surface area contributed by atoms with Gasteiger partial charge in [-0.2, -0.15) is 0 Å². The van der Waals surface area contributed by atoms with E-state index in [1.807, 2.05) is 0 Å². The van der Waals surface area contributed by atoms with E-state index in [0.29, 0.717) is 18.1 Å². The first-order valence-electron chi connectivity index (χ1n) is 4.23. The average Bonchev–Trinajstić information content (AvgIpc) is 2.13. The summed E-state index contributed by atoms with van der Waals surface area (Å²) in [5, 5.41) is 2.88. The summed E-state index contributed by atoms with van der Waals surface area (Å²) in [5.41, 5.74) is 5.99. The van der Waals surface area contributed by atoms with Gasteiger partial charge in [0.05, 0.1) is 18.1 Å². The van der Waals surface area contributed by atoms with Crippen LogP contribution in [-0.2, 0) is 10.0 Å². The third-order valence-electron chi connectivity index (χ3n) is 1.52. The van der Waals surface area contributed by atoms with Gasteiger partial charge in [0.15, 0.2) is 5.82 Å². The van der Waals surface area contributed by atoms with Crippen LogP contribution in [0.1, 0.15) is 0 Å². The van der Waals surface area contributed by atoms with E-state index in [1.54, 1.807) is 0 Å². The molecule has 0 aliphatic heterocycles. The molecular weight excluding hydrogens is 218 g/mol. The van der Waals surface area contributed by atoms with Gasteiger partial charge in [-0.1, -0.05) is 0 Å². The lowest BCUT2D eigenvalue weighted by molar-refractivity contribution is 0.589. The second kappa shape index (κ2) is 4.89. The third kappa shape index (κ3) is 4.56. The summed E-state index contributed by atoms with van der Waals surface area (Å²) in [7, 11) is -3.14. The highest BCUT2D eigenvalue weighted by Gasteiger charge is 2.01. The van der Waals surface area contributed by atoms with Crippen LogP contribution in [0.2, 0.25) is 0 Å². The molecule has 84 valence electrons. The molecule has 8 heteroatoms. The molecule has 1 rings (SSSR count). The fraction of sp³-hybridized carbons (Fsp3) is 0.429. The number of nitrogens with zero attached hydrogens (tertiary/aromatic N) is 2. The van der Waals surface area contributed by atoms with Crippen LogP contribution in [0.15, 0.2) is 12.5 Å². The minimum atomic E-state index is -3.14. The highest BCUT2D eigenvalue weighted by atomic mass is 32.2. The zero-order valence-corrected chi connectivity index (χ0v) is 9.08. The highest BCUT2D eigenvalue weighted by molar-refractivity contribution is 7.88. The Hall–Kier alpha value is -1.41. The lowest BCUT2D eigenvalue weighted by Crippen LogP contribution is -2.27. The molecule has 1 heterocycles. The summed E-state index contributed by atoms with van der Waals surface area (Å²) in [5.74, 6) is 0.500. The molecule has 0 atom stereocenters. The van der Waals surface area contributed by atoms with E-state index in [2.05, 4.69) is 20.0 Å². The summed E-state index contributed by atoms with van der Waals surface area (Å²) in [6.45, 7) is 0.691. The molecule has 0 aliphatic rings. The van der Waals surface area contributed by atoms with Gasteiger partial charge in [0.2, 0.25) is 10.0 Å². The molecule has 0 unspecified atom stereocenters. The van der Waals surface area contributed by atoms with Crippen molar-refractivity contribution in [3.63, 3.8) is 0 Å². The Morgan fingerprint density at radius 3 is 2.80 bits per heavy atom. The van der Waals surface area contributed by atoms with Crippen LogP contribution in [0.5, 0.6) is 0 Å². The Morgan fingerprint density at radius 2 is 2.20 bits per heavy atom. The quantitative estimate of drug-likeness (QED) is 0.562. The molecule has 0 saturated heterocycles. The molecule has 1 aromatic rings. The standard InChI is InChI=1S/C7H13N5O2S/c1-15(13,14)12-3-2-10-7-6(8)4-9-5-11-7/h4-5,12H,2-3,8H2,1H3,(H,9,10,11). The second-order valence-corrected chi connectivity index (χ2v) is 4.75. The van der Waals surface area contributed by atoms with Crippen molar-refractivity contribution in [3.05, 3.63) is 12.5 Å². The van der Waals surface area contributed by atoms with Crippen molar-refractivity contribution < 1.29 is 8.42 Å². The van der Waals surface area contributed by atoms with Crippen molar-refractivity contribution in [2.45, 2.75) is 0 Å². The van der Waals surface area contributed by atoms with E-state index in [4.69, 9.17) is 5.73 Å². The van der Waals surface area contributed by atoms with Crippen molar-refractivity contribution in [2.24, 2.45) is 0 Å². The number of nitrogen functional groups attached to an aromatic ring is 1. The first kappa shape index (κ1) is 11.7. The van der Waals surface area contributed by atoms with Gasteiger partial charge in [-0.25, -0.2) is 23.1 Å². The summed E-state index contributed by atoms with van der Waals surface area (Å²) in [6.07, 6.45) is 3.94. The first-order valence-corrected chi connectivity index (χ1v) is 6.12. The van der Waals surface area contributed by atoms with E-state index >= 15 is 0 Å². The van der Waals surface area contributed by atoms with Gasteiger partial charge in [0.1, 0.15) is 6.33 Å². The second-order valence-electron chi connectivity index (χ2n) is 2.92. The van der Waals surface area contributed by atoms with Gasteiger partial charge in [-0.3, -0.25) is 0 Å². The number of anilines is 2. The summed E-state index contributed by atoms with van der Waals surface area (Å²) in [6, 6.07) is 0. The zero-order chi connectivity index (χ0) is 11.3. The fourth-order valence-corrected chi connectivity index (χ4v) is 1.38. The predicted molar refractivity (Wildman–Crippen MR) is 57.8 cm³/mol. The van der Waals surface area contributed by atoms with Crippen molar-refractivity contribution in [1.82, 2.24) is 14.7 Å². The van der Waals surface area contributed by atoms with Crippen molar-refractivity contribution in [2.75, 3.05) is 30.4 Å². The van der Waals surface area contributed by atoms with E-state index in [9.17, 15) is 8.42 Å². The maximum absolute atomic E-state index is 10.7. The summed E-state index contributed by atoms with van der Waals surface area (Å²) in [4.78, 5) is 7.61. The molecule has 0 radical (unpaired) electrons. The monoisotopic (exact) mass is 231 g/mol. The topological polar surface area (TPSA) is 110 Å². The Bertz CT molecular complexity index is 419. The maximum atomic E-state index is 10.7. The zero-order valence-electron chi connectivity index (χ0n) is 8.27. The van der Waals surface area contributed by atoms with Crippen LogP contribution in [0, 0.1) is 0 Å². The van der Waals surface area contributed by atoms with Crippen LogP contribution >= 0.6 is 0 Å². The van der Waals surface area contributed by atoms with Gasteiger partial charge < -0.3 is 11.1 Å². The number of hydrogen-bond acceptors (Lipinski definition) is 6. The number of hydrogen-bond donors (Lipinski definition) is 3. The smallest absolute Gasteiger partial charge is 0.208 e. The molecule has 4 N–H and O–H groups in total. The molecule has 0 bridgehead atoms. The van der Waals surface area contributed by atoms with Crippen LogP contribution < -0.4 is 15.8 Å². The van der Waals surface area contributed by atoms with Crippen LogP contribution in [0.4, 0.5) is 11.5 Å². The first-order chi connectivity index (χ1) is 6.99. The summed E-state index contributed by atoms with van der Waals surface area (Å²) < 4.78 is 23.8. The van der Waals surface area contributed by atoms with Gasteiger partial charge in [0, 0.05) is 13.1 Å². The van der Waals surface area contributed by atoms with Crippen LogP contribution in [0.25, 0.3) is 0 Å². The number of aromatic nitrogens is 2. The molecule has 15 heavy (non-hydrogen) atoms. The molecule has 0 fully saturated rings. The molecule has 0 amide bonds. The molecule has 0 aliphatic carbocycles. The van der Waals surface area contributed by atoms with E-state index in [1.165, 1.54) is 12.5 Å². The molecule has 0 aromatic carbocycles. The van der Waals surface area contributed by atoms with Gasteiger partial charge >= 0.3 is 0 Å². The van der Waals surface area contributed by atoms with Crippen molar-refractivity contribution >= 4 is 21.5 Å². The minimum Gasteiger partial charge on any atom is -0.394 e. The Balaban J connectivity index is 2.36. The van der Waals surface area contributed by atoms with Gasteiger partial charge in [-0.15, -0.1) is 0 Å². The van der Waals surface area contributed by atoms with Gasteiger partial charge in [-0.05, 0) is 0 Å². The van der Waals surface area contributed by atoms with Gasteiger partial charge in [0.25, 0.3) is 0 Å². The normalized spacial score (nSPS) is 11.3. The third-order valence-corrected chi connectivity index (χ3v) is 2.25. The molecule has 0 saturated carbocycles. The number of nitrogens with one attached hydrogen (secondary N) is 2. The predicted octanol–water partition coefficient (Wildman–Crippen LogP) is -0.980. The molecule has 0 spiro atoms. The Labute approximate surface area is 88.2 Å². The number of sulfonamides is 1. The summed E-state index contributed by atoms with van der Waals surface area (Å²) >= 11 is 0. The fourth-order valence-electron chi connectivity index (χ4n) is 0.905. The Kier molecular flexibility index (Phi) is 3.81. The van der Waals surface area contributed by atoms with Crippen molar-refractivity contribution in [1.29, 1.82) is 0 Å². The average molecular weight is 231 g/mol. The van der Waals surface area contributed by atoms with E-state index in [0.717, 1.165) is 6.26 Å². The van der Waals surface area contributed by atoms with E-state index < -0.39 is 10.0 Å². The largest absolute Gasteiger partial charge is 0.394 e. The van der Waals surface area contributed by atoms with Crippen molar-refractivity contribution in [3.8, 4) is 0 Å².